The van der Waals surface area contributed by atoms with Crippen LogP contribution < -0.4 is 0 Å². The summed E-state index contributed by atoms with van der Waals surface area (Å²) in [4.78, 5) is 21.9. The fraction of sp³-hybridized carbons (Fsp3) is 0.577. The lowest BCUT2D eigenvalue weighted by molar-refractivity contribution is 0.0216. The van der Waals surface area contributed by atoms with E-state index in [0.29, 0.717) is 39.0 Å². The maximum Gasteiger partial charge on any atom is 0.410 e. The van der Waals surface area contributed by atoms with E-state index < -0.39 is 20.9 Å². The van der Waals surface area contributed by atoms with Crippen molar-refractivity contribution >= 4 is 27.1 Å². The van der Waals surface area contributed by atoms with E-state index in [1.165, 1.54) is 5.56 Å². The largest absolute Gasteiger partial charge is 0.444 e. The summed E-state index contributed by atoms with van der Waals surface area (Å²) in [6.45, 7) is 7.30. The van der Waals surface area contributed by atoms with Gasteiger partial charge in [0.25, 0.3) is 0 Å². The minimum atomic E-state index is -3.42. The number of sulfonamides is 1. The number of hydrogen-bond acceptors (Lipinski definition) is 6. The molecule has 2 aliphatic rings. The number of pyridine rings is 1. The van der Waals surface area contributed by atoms with E-state index in [1.807, 2.05) is 52.6 Å². The lowest BCUT2D eigenvalue weighted by Gasteiger charge is -2.37. The minimum Gasteiger partial charge on any atom is -0.444 e. The van der Waals surface area contributed by atoms with Crippen molar-refractivity contribution in [2.45, 2.75) is 63.2 Å². The van der Waals surface area contributed by atoms with Crippen LogP contribution in [0.25, 0.3) is 22.2 Å². The molecule has 3 aromatic rings. The van der Waals surface area contributed by atoms with E-state index in [9.17, 15) is 13.2 Å². The number of rotatable bonds is 4. The Balaban J connectivity index is 1.22. The van der Waals surface area contributed by atoms with Crippen LogP contribution in [0.5, 0.6) is 0 Å². The first-order valence-corrected chi connectivity index (χ1v) is 14.4. The number of aryl methyl sites for hydroxylation is 1. The summed E-state index contributed by atoms with van der Waals surface area (Å²) in [5, 5.41) is 4.89. The van der Waals surface area contributed by atoms with Crippen molar-refractivity contribution in [2.75, 3.05) is 26.2 Å². The van der Waals surface area contributed by atoms with E-state index >= 15 is 0 Å². The second-order valence-electron chi connectivity index (χ2n) is 11.2. The van der Waals surface area contributed by atoms with Crippen molar-refractivity contribution in [1.29, 1.82) is 0 Å². The molecule has 0 spiro atoms. The van der Waals surface area contributed by atoms with Gasteiger partial charge in [-0.05, 0) is 64.0 Å². The van der Waals surface area contributed by atoms with Crippen LogP contribution in [0, 0.1) is 0 Å². The van der Waals surface area contributed by atoms with Gasteiger partial charge in [-0.25, -0.2) is 22.5 Å². The van der Waals surface area contributed by atoms with Gasteiger partial charge < -0.3 is 14.6 Å². The summed E-state index contributed by atoms with van der Waals surface area (Å²) in [7, 11) is -1.53. The fourth-order valence-corrected chi connectivity index (χ4v) is 7.33. The molecule has 37 heavy (non-hydrogen) atoms. The third-order valence-corrected chi connectivity index (χ3v) is 9.77. The highest BCUT2D eigenvalue weighted by Gasteiger charge is 2.38. The molecule has 5 heterocycles. The summed E-state index contributed by atoms with van der Waals surface area (Å²) < 4.78 is 35.7. The van der Waals surface area contributed by atoms with Crippen molar-refractivity contribution in [3.05, 3.63) is 36.4 Å². The topological polar surface area (TPSA) is 113 Å². The molecule has 1 amide bonds. The number of hydrogen-bond donors (Lipinski definition) is 1. The summed E-state index contributed by atoms with van der Waals surface area (Å²) in [5.41, 5.74) is 3.50. The Kier molecular flexibility index (Phi) is 6.78. The molecule has 0 aliphatic carbocycles. The number of amides is 1. The van der Waals surface area contributed by atoms with Crippen LogP contribution in [0.3, 0.4) is 0 Å². The Hall–Kier alpha value is -2.92. The van der Waals surface area contributed by atoms with Crippen LogP contribution in [-0.4, -0.2) is 80.5 Å². The van der Waals surface area contributed by atoms with E-state index in [1.54, 1.807) is 13.9 Å². The highest BCUT2D eigenvalue weighted by atomic mass is 32.2. The molecule has 0 radical (unpaired) electrons. The number of nitrogens with one attached hydrogen (secondary N) is 1. The van der Waals surface area contributed by atoms with Crippen molar-refractivity contribution in [2.24, 2.45) is 7.05 Å². The van der Waals surface area contributed by atoms with E-state index in [0.717, 1.165) is 35.0 Å². The number of ether oxygens (including phenoxy) is 1. The van der Waals surface area contributed by atoms with Gasteiger partial charge in [0.05, 0.1) is 11.4 Å². The van der Waals surface area contributed by atoms with Crippen molar-refractivity contribution in [3.8, 4) is 11.1 Å². The first-order chi connectivity index (χ1) is 17.5. The molecule has 1 N–H and O–H groups in total. The van der Waals surface area contributed by atoms with Crippen LogP contribution in [0.4, 0.5) is 4.79 Å². The van der Waals surface area contributed by atoms with E-state index in [2.05, 4.69) is 21.1 Å². The zero-order valence-corrected chi connectivity index (χ0v) is 22.8. The molecule has 0 aromatic carbocycles. The number of aromatic amines is 1. The van der Waals surface area contributed by atoms with E-state index in [4.69, 9.17) is 4.74 Å². The molecular weight excluding hydrogens is 492 g/mol. The first-order valence-electron chi connectivity index (χ1n) is 12.9. The fourth-order valence-electron chi connectivity index (χ4n) is 5.38. The molecule has 3 aromatic heterocycles. The third kappa shape index (κ3) is 5.38. The maximum atomic E-state index is 13.4. The molecule has 5 rings (SSSR count). The van der Waals surface area contributed by atoms with Gasteiger partial charge in [0.15, 0.2) is 0 Å². The van der Waals surface area contributed by atoms with Gasteiger partial charge in [0.1, 0.15) is 11.2 Å². The molecule has 0 saturated carbocycles. The normalized spacial score (nSPS) is 19.0. The number of H-pyrrole nitrogens is 1. The molecular formula is C26H36N6O4S. The summed E-state index contributed by atoms with van der Waals surface area (Å²) in [6.07, 6.45) is 9.70. The first kappa shape index (κ1) is 25.7. The predicted octanol–water partition coefficient (Wildman–Crippen LogP) is 3.87. The highest BCUT2D eigenvalue weighted by molar-refractivity contribution is 7.89. The number of carbonyl (C=O) groups is 1. The van der Waals surface area contributed by atoms with Gasteiger partial charge in [-0.3, -0.25) is 4.68 Å². The van der Waals surface area contributed by atoms with Gasteiger partial charge in [0, 0.05) is 68.3 Å². The molecule has 0 bridgehead atoms. The quantitative estimate of drug-likeness (QED) is 0.550. The Morgan fingerprint density at radius 3 is 2.38 bits per heavy atom. The Labute approximate surface area is 218 Å². The molecule has 2 saturated heterocycles. The Morgan fingerprint density at radius 1 is 1.05 bits per heavy atom. The number of fused-ring (bicyclic) bond motifs is 1. The minimum absolute atomic E-state index is 0.264. The number of piperidine rings is 2. The number of carbonyl (C=O) groups excluding carboxylic acids is 1. The molecule has 0 atom stereocenters. The number of aromatic nitrogens is 4. The van der Waals surface area contributed by atoms with Crippen LogP contribution in [-0.2, 0) is 21.8 Å². The molecule has 11 heteroatoms. The average molecular weight is 529 g/mol. The Bertz CT molecular complexity index is 1370. The molecule has 2 fully saturated rings. The lowest BCUT2D eigenvalue weighted by atomic mass is 9.90. The number of nitrogens with zero attached hydrogens (tertiary/aromatic N) is 5. The second kappa shape index (κ2) is 9.75. The summed E-state index contributed by atoms with van der Waals surface area (Å²) in [5.74, 6) is 0.264. The van der Waals surface area contributed by atoms with E-state index in [-0.39, 0.29) is 12.0 Å². The summed E-state index contributed by atoms with van der Waals surface area (Å²) >= 11 is 0. The average Bonchev–Trinajstić information content (AvgIpc) is 3.49. The van der Waals surface area contributed by atoms with Crippen LogP contribution >= 0.6 is 0 Å². The van der Waals surface area contributed by atoms with Gasteiger partial charge in [-0.2, -0.15) is 5.10 Å². The van der Waals surface area contributed by atoms with Crippen molar-refractivity contribution in [1.82, 2.24) is 29.0 Å². The SMILES string of the molecule is Cn1cc(-c2cnc3[nH]cc(C4CCN(S(=O)(=O)C5CCN(C(=O)OC(C)(C)C)CC5)CC4)c3c2)cn1. The zero-order valence-electron chi connectivity index (χ0n) is 22.0. The molecule has 10 nitrogen and oxygen atoms in total. The van der Waals surface area contributed by atoms with Gasteiger partial charge in [-0.1, -0.05) is 0 Å². The van der Waals surface area contributed by atoms with Crippen molar-refractivity contribution < 1.29 is 17.9 Å². The highest BCUT2D eigenvalue weighted by Crippen LogP contribution is 2.36. The van der Waals surface area contributed by atoms with Gasteiger partial charge in [0.2, 0.25) is 10.0 Å². The molecule has 2 aliphatic heterocycles. The van der Waals surface area contributed by atoms with Crippen LogP contribution in [0.2, 0.25) is 0 Å². The lowest BCUT2D eigenvalue weighted by Crippen LogP contribution is -2.49. The van der Waals surface area contributed by atoms with Gasteiger partial charge in [-0.15, -0.1) is 0 Å². The Morgan fingerprint density at radius 2 is 1.76 bits per heavy atom. The van der Waals surface area contributed by atoms with Crippen LogP contribution in [0.15, 0.2) is 30.9 Å². The van der Waals surface area contributed by atoms with Crippen molar-refractivity contribution in [3.63, 3.8) is 0 Å². The smallest absolute Gasteiger partial charge is 0.410 e. The number of likely N-dealkylation sites (tertiary alicyclic amines) is 1. The second-order valence-corrected chi connectivity index (χ2v) is 13.4. The predicted molar refractivity (Wildman–Crippen MR) is 142 cm³/mol. The summed E-state index contributed by atoms with van der Waals surface area (Å²) in [6, 6.07) is 2.15. The molecule has 0 unspecified atom stereocenters. The maximum absolute atomic E-state index is 13.4. The van der Waals surface area contributed by atoms with Gasteiger partial charge >= 0.3 is 6.09 Å². The zero-order chi connectivity index (χ0) is 26.4. The molecule has 200 valence electrons. The van der Waals surface area contributed by atoms with Crippen LogP contribution in [0.1, 0.15) is 57.9 Å². The third-order valence-electron chi connectivity index (χ3n) is 7.37. The standard InChI is InChI=1S/C26H36N6O4S/c1-26(2,3)36-25(33)31-9-7-21(8-10-31)37(34,35)32-11-5-18(6-12-32)23-16-28-24-22(23)13-19(14-27-24)20-15-29-30(4)17-20/h13-18,21H,5-12H2,1-4H3,(H,27,28). The monoisotopic (exact) mass is 528 g/mol.